The third-order valence-corrected chi connectivity index (χ3v) is 6.64. The minimum atomic E-state index is -0.376. The molecule has 0 bridgehead atoms. The summed E-state index contributed by atoms with van der Waals surface area (Å²) in [6.07, 6.45) is 7.77. The van der Waals surface area contributed by atoms with Crippen molar-refractivity contribution in [3.05, 3.63) is 56.8 Å². The zero-order valence-corrected chi connectivity index (χ0v) is 21.4. The Kier molecular flexibility index (Phi) is 6.58. The summed E-state index contributed by atoms with van der Waals surface area (Å²) in [6, 6.07) is 3.06. The Morgan fingerprint density at radius 3 is 2.51 bits per heavy atom. The van der Waals surface area contributed by atoms with E-state index in [-0.39, 0.29) is 44.8 Å². The highest BCUT2D eigenvalue weighted by Crippen LogP contribution is 2.44. The predicted molar refractivity (Wildman–Crippen MR) is 139 cm³/mol. The Morgan fingerprint density at radius 2 is 1.83 bits per heavy atom. The van der Waals surface area contributed by atoms with E-state index >= 15 is 0 Å². The van der Waals surface area contributed by atoms with Gasteiger partial charge in [-0.05, 0) is 66.7 Å². The standard InChI is InChI=1S/C29H34O6/c1-16(2)8-7-9-17(3)10-11-19-24-22(14-20(30)28(19)33-6)34-23-15-21-18(12-13-29(4,5)35-21)26(31)25(23)27(24)32/h8,10,14-15,30-31H,7,9,11-13H2,1-6H3. The number of fused-ring (bicyclic) bond motifs is 3. The van der Waals surface area contributed by atoms with E-state index in [1.165, 1.54) is 24.3 Å². The van der Waals surface area contributed by atoms with Crippen molar-refractivity contribution in [2.24, 2.45) is 0 Å². The molecule has 1 aliphatic heterocycles. The second-order valence-electron chi connectivity index (χ2n) is 10.2. The van der Waals surface area contributed by atoms with Gasteiger partial charge in [0.05, 0.1) is 12.5 Å². The third kappa shape index (κ3) is 4.75. The molecule has 1 aliphatic rings. The maximum atomic E-state index is 13.8. The molecule has 0 saturated heterocycles. The van der Waals surface area contributed by atoms with E-state index in [4.69, 9.17) is 13.9 Å². The van der Waals surface area contributed by atoms with Crippen LogP contribution in [0.2, 0.25) is 0 Å². The Labute approximate surface area is 205 Å². The van der Waals surface area contributed by atoms with Crippen molar-refractivity contribution >= 4 is 21.9 Å². The molecule has 0 amide bonds. The van der Waals surface area contributed by atoms with Crippen LogP contribution in [0, 0.1) is 0 Å². The molecule has 3 aromatic rings. The van der Waals surface area contributed by atoms with Crippen LogP contribution >= 0.6 is 0 Å². The molecule has 2 heterocycles. The fraction of sp³-hybridized carbons (Fsp3) is 0.414. The second-order valence-corrected chi connectivity index (χ2v) is 10.2. The summed E-state index contributed by atoms with van der Waals surface area (Å²) in [6.45, 7) is 10.2. The van der Waals surface area contributed by atoms with Gasteiger partial charge < -0.3 is 24.1 Å². The summed E-state index contributed by atoms with van der Waals surface area (Å²) in [5.41, 5.74) is 3.33. The molecule has 6 heteroatoms. The van der Waals surface area contributed by atoms with Crippen LogP contribution in [0.25, 0.3) is 21.9 Å². The number of rotatable bonds is 6. The molecule has 0 fully saturated rings. The average Bonchev–Trinajstić information content (AvgIpc) is 2.76. The molecule has 4 rings (SSSR count). The first-order chi connectivity index (χ1) is 16.5. The zero-order chi connectivity index (χ0) is 25.5. The molecule has 0 saturated carbocycles. The lowest BCUT2D eigenvalue weighted by molar-refractivity contribution is 0.0839. The topological polar surface area (TPSA) is 89.1 Å². The highest BCUT2D eigenvalue weighted by Gasteiger charge is 2.31. The highest BCUT2D eigenvalue weighted by molar-refractivity contribution is 5.97. The molecule has 0 radical (unpaired) electrons. The van der Waals surface area contributed by atoms with Crippen LogP contribution in [-0.2, 0) is 12.8 Å². The van der Waals surface area contributed by atoms with Gasteiger partial charge in [-0.2, -0.15) is 0 Å². The largest absolute Gasteiger partial charge is 0.507 e. The van der Waals surface area contributed by atoms with Gasteiger partial charge in [0.25, 0.3) is 0 Å². The fourth-order valence-corrected chi connectivity index (χ4v) is 4.71. The van der Waals surface area contributed by atoms with E-state index < -0.39 is 0 Å². The number of phenols is 2. The number of ether oxygens (including phenoxy) is 2. The number of hydrogen-bond donors (Lipinski definition) is 2. The summed E-state index contributed by atoms with van der Waals surface area (Å²) in [7, 11) is 1.46. The van der Waals surface area contributed by atoms with Crippen molar-refractivity contribution in [2.45, 2.75) is 72.3 Å². The molecule has 186 valence electrons. The van der Waals surface area contributed by atoms with E-state index in [1.807, 2.05) is 26.8 Å². The first-order valence-electron chi connectivity index (χ1n) is 12.0. The monoisotopic (exact) mass is 478 g/mol. The zero-order valence-electron chi connectivity index (χ0n) is 21.4. The van der Waals surface area contributed by atoms with E-state index in [1.54, 1.807) is 6.07 Å². The lowest BCUT2D eigenvalue weighted by Gasteiger charge is -2.33. The van der Waals surface area contributed by atoms with Crippen molar-refractivity contribution in [1.82, 2.24) is 0 Å². The summed E-state index contributed by atoms with van der Waals surface area (Å²) in [4.78, 5) is 13.8. The molecule has 2 N–H and O–H groups in total. The number of methoxy groups -OCH3 is 1. The van der Waals surface area contributed by atoms with Gasteiger partial charge in [0.1, 0.15) is 33.7 Å². The first-order valence-corrected chi connectivity index (χ1v) is 12.0. The van der Waals surface area contributed by atoms with E-state index in [0.717, 1.165) is 19.3 Å². The summed E-state index contributed by atoms with van der Waals surface area (Å²) >= 11 is 0. The summed E-state index contributed by atoms with van der Waals surface area (Å²) in [5.74, 6) is 0.546. The molecule has 6 nitrogen and oxygen atoms in total. The molecule has 2 aromatic carbocycles. The van der Waals surface area contributed by atoms with Gasteiger partial charge in [0, 0.05) is 23.3 Å². The molecule has 0 unspecified atom stereocenters. The van der Waals surface area contributed by atoms with E-state index in [2.05, 4.69) is 19.9 Å². The molecular weight excluding hydrogens is 444 g/mol. The van der Waals surface area contributed by atoms with Crippen LogP contribution in [-0.4, -0.2) is 22.9 Å². The maximum Gasteiger partial charge on any atom is 0.204 e. The minimum absolute atomic E-state index is 0.102. The van der Waals surface area contributed by atoms with Crippen molar-refractivity contribution in [1.29, 1.82) is 0 Å². The van der Waals surface area contributed by atoms with Crippen molar-refractivity contribution in [3.8, 4) is 23.0 Å². The van der Waals surface area contributed by atoms with Crippen molar-refractivity contribution < 1.29 is 24.1 Å². The number of hydrogen-bond acceptors (Lipinski definition) is 6. The quantitative estimate of drug-likeness (QED) is 0.302. The van der Waals surface area contributed by atoms with Gasteiger partial charge >= 0.3 is 0 Å². The van der Waals surface area contributed by atoms with Gasteiger partial charge in [-0.25, -0.2) is 0 Å². The average molecular weight is 479 g/mol. The lowest BCUT2D eigenvalue weighted by atomic mass is 9.92. The van der Waals surface area contributed by atoms with Gasteiger partial charge in [0.15, 0.2) is 11.5 Å². The predicted octanol–water partition coefficient (Wildman–Crippen LogP) is 6.70. The normalized spacial score (nSPS) is 15.1. The van der Waals surface area contributed by atoms with Gasteiger partial charge in [-0.15, -0.1) is 0 Å². The maximum absolute atomic E-state index is 13.8. The molecular formula is C29H34O6. The van der Waals surface area contributed by atoms with E-state index in [9.17, 15) is 15.0 Å². The Hall–Kier alpha value is -3.41. The Bertz CT molecular complexity index is 1420. The molecule has 0 atom stereocenters. The van der Waals surface area contributed by atoms with Gasteiger partial charge in [-0.3, -0.25) is 4.79 Å². The molecule has 35 heavy (non-hydrogen) atoms. The van der Waals surface area contributed by atoms with Crippen LogP contribution in [0.4, 0.5) is 0 Å². The third-order valence-electron chi connectivity index (χ3n) is 6.64. The lowest BCUT2D eigenvalue weighted by Crippen LogP contribution is -2.32. The summed E-state index contributed by atoms with van der Waals surface area (Å²) < 4.78 is 17.6. The number of aromatic hydroxyl groups is 2. The molecule has 0 aliphatic carbocycles. The Balaban J connectivity index is 1.90. The van der Waals surface area contributed by atoms with Gasteiger partial charge in [-0.1, -0.05) is 23.3 Å². The minimum Gasteiger partial charge on any atom is -0.507 e. The van der Waals surface area contributed by atoms with Crippen LogP contribution < -0.4 is 14.9 Å². The van der Waals surface area contributed by atoms with Crippen molar-refractivity contribution in [3.63, 3.8) is 0 Å². The van der Waals surface area contributed by atoms with Gasteiger partial charge in [0.2, 0.25) is 5.43 Å². The Morgan fingerprint density at radius 1 is 1.11 bits per heavy atom. The molecule has 1 aromatic heterocycles. The van der Waals surface area contributed by atoms with Crippen LogP contribution in [0.1, 0.15) is 65.0 Å². The van der Waals surface area contributed by atoms with Crippen LogP contribution in [0.15, 0.2) is 44.6 Å². The second kappa shape index (κ2) is 9.33. The SMILES string of the molecule is COc1c(O)cc2oc3cc4c(c(O)c3c(=O)c2c1CC=C(C)CCC=C(C)C)CCC(C)(C)O4. The first kappa shape index (κ1) is 24.7. The highest BCUT2D eigenvalue weighted by atomic mass is 16.5. The fourth-order valence-electron chi connectivity index (χ4n) is 4.71. The number of phenolic OH excluding ortho intramolecular Hbond substituents is 2. The number of allylic oxidation sites excluding steroid dienone is 4. The smallest absolute Gasteiger partial charge is 0.204 e. The number of benzene rings is 2. The van der Waals surface area contributed by atoms with Crippen molar-refractivity contribution in [2.75, 3.05) is 7.11 Å². The molecule has 0 spiro atoms. The van der Waals surface area contributed by atoms with E-state index in [0.29, 0.717) is 35.1 Å². The van der Waals surface area contributed by atoms with Crippen LogP contribution in [0.3, 0.4) is 0 Å². The summed E-state index contributed by atoms with van der Waals surface area (Å²) in [5, 5.41) is 22.2. The van der Waals surface area contributed by atoms with Crippen LogP contribution in [0.5, 0.6) is 23.0 Å².